The Hall–Kier alpha value is -2.86. The zero-order valence-corrected chi connectivity index (χ0v) is 15.0. The molecule has 0 spiro atoms. The number of nitrogens with one attached hydrogen (secondary N) is 1. The number of rotatable bonds is 2. The second-order valence-corrected chi connectivity index (χ2v) is 6.48. The van der Waals surface area contributed by atoms with Crippen molar-refractivity contribution in [3.63, 3.8) is 0 Å². The fourth-order valence-electron chi connectivity index (χ4n) is 3.39. The number of amides is 3. The molecule has 0 unspecified atom stereocenters. The molecule has 1 N–H and O–H groups in total. The number of halogens is 1. The van der Waals surface area contributed by atoms with E-state index in [4.69, 9.17) is 11.6 Å². The second-order valence-electron chi connectivity index (χ2n) is 6.05. The zero-order chi connectivity index (χ0) is 18.3. The Bertz CT molecular complexity index is 1010. The van der Waals surface area contributed by atoms with E-state index < -0.39 is 0 Å². The molecule has 4 rings (SSSR count). The predicted octanol–water partition coefficient (Wildman–Crippen LogP) is 3.54. The van der Waals surface area contributed by atoms with Crippen LogP contribution in [0.15, 0.2) is 42.6 Å². The van der Waals surface area contributed by atoms with Crippen LogP contribution < -0.4 is 5.32 Å². The maximum Gasteiger partial charge on any atom is 0.324 e. The Balaban J connectivity index is 1.94. The second kappa shape index (κ2) is 6.46. The third-order valence-electron chi connectivity index (χ3n) is 4.52. The standard InChI is InChI=1S/C19H17ClN4O2/c1-2-21-19(26)24-11-10-23-14-4-3-9-22-16(14)15(17(23)18(24)25)12-5-7-13(20)8-6-12/h3-9H,2,10-11H2,1H3,(H,21,26). The number of imide groups is 1. The Kier molecular flexibility index (Phi) is 4.12. The number of pyridine rings is 1. The van der Waals surface area contributed by atoms with E-state index in [9.17, 15) is 9.59 Å². The van der Waals surface area contributed by atoms with Crippen molar-refractivity contribution >= 4 is 34.6 Å². The third-order valence-corrected chi connectivity index (χ3v) is 4.77. The van der Waals surface area contributed by atoms with Crippen LogP contribution in [0.2, 0.25) is 5.02 Å². The first-order chi connectivity index (χ1) is 12.6. The Morgan fingerprint density at radius 3 is 2.73 bits per heavy atom. The van der Waals surface area contributed by atoms with Crippen LogP contribution in [0.1, 0.15) is 17.4 Å². The van der Waals surface area contributed by atoms with Crippen LogP contribution in [0.25, 0.3) is 22.2 Å². The highest BCUT2D eigenvalue weighted by Crippen LogP contribution is 2.36. The van der Waals surface area contributed by atoms with Crippen LogP contribution >= 0.6 is 11.6 Å². The van der Waals surface area contributed by atoms with Crippen molar-refractivity contribution in [1.82, 2.24) is 19.8 Å². The van der Waals surface area contributed by atoms with Crippen molar-refractivity contribution in [3.8, 4) is 11.1 Å². The maximum absolute atomic E-state index is 13.2. The van der Waals surface area contributed by atoms with E-state index in [0.29, 0.717) is 30.4 Å². The molecule has 3 heterocycles. The van der Waals surface area contributed by atoms with Gasteiger partial charge in [0, 0.05) is 36.4 Å². The lowest BCUT2D eigenvalue weighted by Gasteiger charge is -2.27. The summed E-state index contributed by atoms with van der Waals surface area (Å²) in [5.41, 5.74) is 3.69. The number of fused-ring (bicyclic) bond motifs is 3. The monoisotopic (exact) mass is 368 g/mol. The summed E-state index contributed by atoms with van der Waals surface area (Å²) in [6.45, 7) is 3.16. The van der Waals surface area contributed by atoms with Gasteiger partial charge in [-0.05, 0) is 36.8 Å². The summed E-state index contributed by atoms with van der Waals surface area (Å²) in [4.78, 5) is 31.2. The molecule has 1 aromatic carbocycles. The van der Waals surface area contributed by atoms with Crippen LogP contribution in [0.4, 0.5) is 4.79 Å². The van der Waals surface area contributed by atoms with Crippen LogP contribution in [-0.2, 0) is 6.54 Å². The molecule has 0 bridgehead atoms. The van der Waals surface area contributed by atoms with Gasteiger partial charge in [-0.2, -0.15) is 0 Å². The van der Waals surface area contributed by atoms with E-state index in [1.54, 1.807) is 18.3 Å². The molecule has 0 fully saturated rings. The lowest BCUT2D eigenvalue weighted by atomic mass is 10.0. The van der Waals surface area contributed by atoms with Gasteiger partial charge in [0.25, 0.3) is 5.91 Å². The summed E-state index contributed by atoms with van der Waals surface area (Å²) in [7, 11) is 0. The SMILES string of the molecule is CCNC(=O)N1CCn2c(c(-c3ccc(Cl)cc3)c3ncccc32)C1=O. The molecule has 0 saturated carbocycles. The van der Waals surface area contributed by atoms with Crippen molar-refractivity contribution in [3.05, 3.63) is 53.3 Å². The van der Waals surface area contributed by atoms with Gasteiger partial charge in [0.05, 0.1) is 11.0 Å². The van der Waals surface area contributed by atoms with Crippen molar-refractivity contribution in [1.29, 1.82) is 0 Å². The number of benzene rings is 1. The molecule has 6 nitrogen and oxygen atoms in total. The Labute approximate surface area is 155 Å². The zero-order valence-electron chi connectivity index (χ0n) is 14.2. The molecule has 132 valence electrons. The summed E-state index contributed by atoms with van der Waals surface area (Å²) >= 11 is 6.01. The van der Waals surface area contributed by atoms with E-state index in [1.807, 2.05) is 35.8 Å². The molecule has 0 aliphatic carbocycles. The number of hydrogen-bond acceptors (Lipinski definition) is 3. The number of hydrogen-bond donors (Lipinski definition) is 1. The molecule has 1 aliphatic heterocycles. The van der Waals surface area contributed by atoms with Crippen molar-refractivity contribution in [2.45, 2.75) is 13.5 Å². The summed E-state index contributed by atoms with van der Waals surface area (Å²) in [5.74, 6) is -0.315. The van der Waals surface area contributed by atoms with E-state index >= 15 is 0 Å². The predicted molar refractivity (Wildman–Crippen MR) is 100 cm³/mol. The maximum atomic E-state index is 13.2. The summed E-state index contributed by atoms with van der Waals surface area (Å²) in [6, 6.07) is 10.7. The van der Waals surface area contributed by atoms with Crippen LogP contribution in [0, 0.1) is 0 Å². The van der Waals surface area contributed by atoms with E-state index in [2.05, 4.69) is 10.3 Å². The number of aromatic nitrogens is 2. The van der Waals surface area contributed by atoms with Crippen LogP contribution in [0.5, 0.6) is 0 Å². The lowest BCUT2D eigenvalue weighted by molar-refractivity contribution is 0.0759. The molecule has 26 heavy (non-hydrogen) atoms. The Morgan fingerprint density at radius 1 is 1.23 bits per heavy atom. The molecule has 2 aromatic heterocycles. The number of urea groups is 1. The minimum atomic E-state index is -0.371. The minimum absolute atomic E-state index is 0.315. The topological polar surface area (TPSA) is 67.2 Å². The first-order valence-electron chi connectivity index (χ1n) is 8.44. The van der Waals surface area contributed by atoms with Gasteiger partial charge in [0.2, 0.25) is 0 Å². The summed E-state index contributed by atoms with van der Waals surface area (Å²) < 4.78 is 1.95. The molecule has 0 saturated heterocycles. The van der Waals surface area contributed by atoms with Gasteiger partial charge in [-0.15, -0.1) is 0 Å². The average Bonchev–Trinajstić information content (AvgIpc) is 2.98. The van der Waals surface area contributed by atoms with Crippen LogP contribution in [0.3, 0.4) is 0 Å². The van der Waals surface area contributed by atoms with Crippen molar-refractivity contribution < 1.29 is 9.59 Å². The molecule has 7 heteroatoms. The molecule has 0 atom stereocenters. The van der Waals surface area contributed by atoms with E-state index in [1.165, 1.54) is 4.90 Å². The highest BCUT2D eigenvalue weighted by atomic mass is 35.5. The van der Waals surface area contributed by atoms with Crippen molar-refractivity contribution in [2.75, 3.05) is 13.1 Å². The normalized spacial score (nSPS) is 13.8. The highest BCUT2D eigenvalue weighted by Gasteiger charge is 2.34. The number of nitrogens with zero attached hydrogens (tertiary/aromatic N) is 3. The van der Waals surface area contributed by atoms with Gasteiger partial charge in [-0.25, -0.2) is 4.79 Å². The first kappa shape index (κ1) is 16.6. The summed E-state index contributed by atoms with van der Waals surface area (Å²) in [6.07, 6.45) is 1.71. The fourth-order valence-corrected chi connectivity index (χ4v) is 3.52. The Morgan fingerprint density at radius 2 is 2.00 bits per heavy atom. The highest BCUT2D eigenvalue weighted by molar-refractivity contribution is 6.30. The lowest BCUT2D eigenvalue weighted by Crippen LogP contribution is -2.48. The van der Waals surface area contributed by atoms with Gasteiger partial charge < -0.3 is 9.88 Å². The largest absolute Gasteiger partial charge is 0.338 e. The quantitative estimate of drug-likeness (QED) is 0.752. The first-order valence-corrected chi connectivity index (χ1v) is 8.82. The van der Waals surface area contributed by atoms with Gasteiger partial charge in [-0.1, -0.05) is 23.7 Å². The molecular formula is C19H17ClN4O2. The van der Waals surface area contributed by atoms with E-state index in [-0.39, 0.29) is 11.9 Å². The van der Waals surface area contributed by atoms with E-state index in [0.717, 1.165) is 22.2 Å². The smallest absolute Gasteiger partial charge is 0.324 e. The van der Waals surface area contributed by atoms with Gasteiger partial charge >= 0.3 is 6.03 Å². The van der Waals surface area contributed by atoms with Gasteiger partial charge in [0.1, 0.15) is 5.69 Å². The molecule has 3 aromatic rings. The van der Waals surface area contributed by atoms with Gasteiger partial charge in [-0.3, -0.25) is 14.7 Å². The molecule has 1 aliphatic rings. The minimum Gasteiger partial charge on any atom is -0.338 e. The molecule has 3 amide bonds. The summed E-state index contributed by atoms with van der Waals surface area (Å²) in [5, 5.41) is 3.32. The van der Waals surface area contributed by atoms with Crippen LogP contribution in [-0.4, -0.2) is 39.5 Å². The average molecular weight is 369 g/mol. The van der Waals surface area contributed by atoms with Gasteiger partial charge in [0.15, 0.2) is 0 Å². The molecule has 0 radical (unpaired) electrons. The fraction of sp³-hybridized carbons (Fsp3) is 0.211. The number of carbonyl (C=O) groups is 2. The van der Waals surface area contributed by atoms with Crippen molar-refractivity contribution in [2.24, 2.45) is 0 Å². The molecular weight excluding hydrogens is 352 g/mol. The number of carbonyl (C=O) groups excluding carboxylic acids is 2. The third kappa shape index (κ3) is 2.54.